The summed E-state index contributed by atoms with van der Waals surface area (Å²) in [5, 5.41) is 13.8. The lowest BCUT2D eigenvalue weighted by molar-refractivity contribution is -0.384. The second-order valence-electron chi connectivity index (χ2n) is 4.08. The summed E-state index contributed by atoms with van der Waals surface area (Å²) in [7, 11) is 1.39. The number of halogens is 2. The summed E-state index contributed by atoms with van der Waals surface area (Å²) < 4.78 is 5.48. The summed E-state index contributed by atoms with van der Waals surface area (Å²) in [5.74, 6) is -0.248. The largest absolute Gasteiger partial charge is 0.495 e. The van der Waals surface area contributed by atoms with Crippen molar-refractivity contribution < 1.29 is 14.5 Å². The highest BCUT2D eigenvalue weighted by molar-refractivity contribution is 9.10. The summed E-state index contributed by atoms with van der Waals surface area (Å²) in [6.07, 6.45) is 1.28. The van der Waals surface area contributed by atoms with Crippen molar-refractivity contribution >= 4 is 44.8 Å². The van der Waals surface area contributed by atoms with E-state index in [2.05, 4.69) is 26.2 Å². The summed E-state index contributed by atoms with van der Waals surface area (Å²) in [5.41, 5.74) is -0.0152. The summed E-state index contributed by atoms with van der Waals surface area (Å²) in [6, 6.07) is 5.54. The second-order valence-corrected chi connectivity index (χ2v) is 5.33. The highest BCUT2D eigenvalue weighted by Crippen LogP contribution is 2.36. The quantitative estimate of drug-likeness (QED) is 0.491. The van der Waals surface area contributed by atoms with Crippen LogP contribution in [0.25, 0.3) is 0 Å². The van der Waals surface area contributed by atoms with Crippen LogP contribution >= 0.6 is 27.5 Å². The van der Waals surface area contributed by atoms with Gasteiger partial charge in [0.05, 0.1) is 28.1 Å². The minimum atomic E-state index is -0.606. The van der Waals surface area contributed by atoms with E-state index < -0.39 is 10.8 Å². The monoisotopic (exact) mass is 385 g/mol. The Morgan fingerprint density at radius 2 is 2.18 bits per heavy atom. The minimum absolute atomic E-state index is 0.0395. The van der Waals surface area contributed by atoms with Crippen molar-refractivity contribution in [2.45, 2.75) is 0 Å². The molecule has 1 heterocycles. The number of ether oxygens (including phenoxy) is 1. The minimum Gasteiger partial charge on any atom is -0.495 e. The predicted molar refractivity (Wildman–Crippen MR) is 84.5 cm³/mol. The number of carbonyl (C=O) groups excluding carboxylic acids is 1. The van der Waals surface area contributed by atoms with Crippen molar-refractivity contribution in [2.75, 3.05) is 12.4 Å². The molecule has 0 saturated heterocycles. The summed E-state index contributed by atoms with van der Waals surface area (Å²) in [6.45, 7) is 0. The molecule has 2 aromatic rings. The molecule has 0 radical (unpaired) electrons. The molecule has 22 heavy (non-hydrogen) atoms. The molecule has 0 saturated carbocycles. The molecule has 0 bridgehead atoms. The lowest BCUT2D eigenvalue weighted by Crippen LogP contribution is -2.13. The van der Waals surface area contributed by atoms with Gasteiger partial charge in [-0.2, -0.15) is 0 Å². The van der Waals surface area contributed by atoms with Crippen LogP contribution in [0.15, 0.2) is 34.9 Å². The van der Waals surface area contributed by atoms with Gasteiger partial charge >= 0.3 is 0 Å². The zero-order valence-electron chi connectivity index (χ0n) is 11.2. The maximum atomic E-state index is 12.1. The number of hydrogen-bond donors (Lipinski definition) is 1. The number of carbonyl (C=O) groups is 1. The van der Waals surface area contributed by atoms with Crippen molar-refractivity contribution in [1.82, 2.24) is 4.98 Å². The molecule has 0 aliphatic carbocycles. The van der Waals surface area contributed by atoms with Gasteiger partial charge in [-0.15, -0.1) is 0 Å². The first-order valence-corrected chi connectivity index (χ1v) is 7.04. The van der Waals surface area contributed by atoms with E-state index in [9.17, 15) is 14.9 Å². The predicted octanol–water partition coefficient (Wildman–Crippen LogP) is 3.67. The van der Waals surface area contributed by atoms with Crippen LogP contribution in [-0.2, 0) is 0 Å². The fourth-order valence-corrected chi connectivity index (χ4v) is 2.27. The number of benzene rings is 1. The van der Waals surface area contributed by atoms with Crippen LogP contribution < -0.4 is 10.1 Å². The van der Waals surface area contributed by atoms with Gasteiger partial charge in [-0.25, -0.2) is 4.98 Å². The number of nitro benzene ring substituents is 1. The molecule has 0 aliphatic heterocycles. The third-order valence-electron chi connectivity index (χ3n) is 2.70. The van der Waals surface area contributed by atoms with E-state index in [0.29, 0.717) is 4.47 Å². The topological polar surface area (TPSA) is 94.4 Å². The van der Waals surface area contributed by atoms with Crippen LogP contribution in [0.4, 0.5) is 11.4 Å². The van der Waals surface area contributed by atoms with Gasteiger partial charge in [-0.3, -0.25) is 14.9 Å². The van der Waals surface area contributed by atoms with Crippen LogP contribution in [-0.4, -0.2) is 22.9 Å². The number of aromatic nitrogens is 1. The van der Waals surface area contributed by atoms with Crippen LogP contribution in [0.3, 0.4) is 0 Å². The van der Waals surface area contributed by atoms with E-state index in [0.717, 1.165) is 0 Å². The first kappa shape index (κ1) is 16.2. The fraction of sp³-hybridized carbons (Fsp3) is 0.0769. The molecule has 9 heteroatoms. The molecule has 0 atom stereocenters. The van der Waals surface area contributed by atoms with Gasteiger partial charge in [0, 0.05) is 6.20 Å². The Labute approximate surface area is 138 Å². The van der Waals surface area contributed by atoms with Gasteiger partial charge in [0.2, 0.25) is 0 Å². The van der Waals surface area contributed by atoms with Crippen LogP contribution in [0.1, 0.15) is 10.4 Å². The summed E-state index contributed by atoms with van der Waals surface area (Å²) >= 11 is 8.86. The van der Waals surface area contributed by atoms with Gasteiger partial charge in [-0.05, 0) is 34.1 Å². The molecule has 2 rings (SSSR count). The Morgan fingerprint density at radius 3 is 2.73 bits per heavy atom. The van der Waals surface area contributed by atoms with Gasteiger partial charge in [0.1, 0.15) is 16.6 Å². The number of anilines is 1. The number of hydrogen-bond acceptors (Lipinski definition) is 5. The molecule has 1 N–H and O–H groups in total. The third-order valence-corrected chi connectivity index (χ3v) is 3.55. The van der Waals surface area contributed by atoms with E-state index in [1.165, 1.54) is 37.6 Å². The van der Waals surface area contributed by atoms with Crippen molar-refractivity contribution in [3.63, 3.8) is 0 Å². The number of rotatable bonds is 4. The van der Waals surface area contributed by atoms with E-state index in [-0.39, 0.29) is 27.8 Å². The van der Waals surface area contributed by atoms with Gasteiger partial charge in [-0.1, -0.05) is 11.6 Å². The van der Waals surface area contributed by atoms with E-state index in [1.54, 1.807) is 0 Å². The number of amides is 1. The average molecular weight is 387 g/mol. The maximum Gasteiger partial charge on any atom is 0.296 e. The SMILES string of the molecule is COc1cc([N+](=O)[O-])c(NC(=O)c2ccc(Cl)nc2)cc1Br. The molecular weight excluding hydrogens is 378 g/mol. The molecule has 114 valence electrons. The Kier molecular flexibility index (Phi) is 4.94. The number of nitro groups is 1. The second kappa shape index (κ2) is 6.71. The van der Waals surface area contributed by atoms with Crippen molar-refractivity contribution in [3.8, 4) is 5.75 Å². The van der Waals surface area contributed by atoms with Crippen LogP contribution in [0.5, 0.6) is 5.75 Å². The number of nitrogens with one attached hydrogen (secondary N) is 1. The number of methoxy groups -OCH3 is 1. The molecular formula is C13H9BrClN3O4. The highest BCUT2D eigenvalue weighted by Gasteiger charge is 2.20. The zero-order chi connectivity index (χ0) is 16.3. The standard InChI is InChI=1S/C13H9BrClN3O4/c1-22-11-5-10(18(20)21)9(4-8(11)14)17-13(19)7-2-3-12(15)16-6-7/h2-6H,1H3,(H,17,19). The lowest BCUT2D eigenvalue weighted by Gasteiger charge is -2.09. The molecule has 0 fully saturated rings. The zero-order valence-corrected chi connectivity index (χ0v) is 13.5. The first-order chi connectivity index (χ1) is 10.4. The molecule has 0 aliphatic rings. The Balaban J connectivity index is 2.36. The van der Waals surface area contributed by atoms with E-state index >= 15 is 0 Å². The Morgan fingerprint density at radius 1 is 1.45 bits per heavy atom. The van der Waals surface area contributed by atoms with Crippen molar-refractivity contribution in [2.24, 2.45) is 0 Å². The number of pyridine rings is 1. The van der Waals surface area contributed by atoms with Crippen LogP contribution in [0, 0.1) is 10.1 Å². The van der Waals surface area contributed by atoms with Crippen molar-refractivity contribution in [3.05, 3.63) is 55.8 Å². The third kappa shape index (κ3) is 3.52. The van der Waals surface area contributed by atoms with E-state index in [4.69, 9.17) is 16.3 Å². The summed E-state index contributed by atoms with van der Waals surface area (Å²) in [4.78, 5) is 26.4. The van der Waals surface area contributed by atoms with Crippen LogP contribution in [0.2, 0.25) is 5.15 Å². The molecule has 0 spiro atoms. The lowest BCUT2D eigenvalue weighted by atomic mass is 10.2. The van der Waals surface area contributed by atoms with Gasteiger partial charge in [0.25, 0.3) is 11.6 Å². The molecule has 7 nitrogen and oxygen atoms in total. The van der Waals surface area contributed by atoms with E-state index in [1.807, 2.05) is 0 Å². The molecule has 1 aromatic carbocycles. The number of nitrogens with zero attached hydrogens (tertiary/aromatic N) is 2. The normalized spacial score (nSPS) is 10.1. The molecule has 1 amide bonds. The van der Waals surface area contributed by atoms with Crippen molar-refractivity contribution in [1.29, 1.82) is 0 Å². The average Bonchev–Trinajstić information content (AvgIpc) is 2.47. The Bertz CT molecular complexity index is 737. The molecule has 1 aromatic heterocycles. The Hall–Kier alpha value is -2.19. The molecule has 0 unspecified atom stereocenters. The van der Waals surface area contributed by atoms with Gasteiger partial charge < -0.3 is 10.1 Å². The maximum absolute atomic E-state index is 12.1. The smallest absolute Gasteiger partial charge is 0.296 e. The highest BCUT2D eigenvalue weighted by atomic mass is 79.9. The van der Waals surface area contributed by atoms with Gasteiger partial charge in [0.15, 0.2) is 0 Å². The first-order valence-electron chi connectivity index (χ1n) is 5.87. The fourth-order valence-electron chi connectivity index (χ4n) is 1.65.